The molecule has 5 rings (SSSR count). The molecular weight excluding hydrogens is 452 g/mol. The average molecular weight is 483 g/mol. The summed E-state index contributed by atoms with van der Waals surface area (Å²) in [6.07, 6.45) is 3.75. The third-order valence-electron chi connectivity index (χ3n) is 7.19. The molecule has 1 fully saturated rings. The van der Waals surface area contributed by atoms with Crippen LogP contribution in [0.3, 0.4) is 0 Å². The number of carbonyl (C=O) groups excluding carboxylic acids is 2. The molecular formula is C25H30N4O4S. The highest BCUT2D eigenvalue weighted by Crippen LogP contribution is 2.32. The second kappa shape index (κ2) is 9.13. The van der Waals surface area contributed by atoms with Gasteiger partial charge in [-0.05, 0) is 67.0 Å². The Morgan fingerprint density at radius 1 is 0.941 bits per heavy atom. The smallest absolute Gasteiger partial charge is 0.243 e. The molecule has 0 bridgehead atoms. The maximum absolute atomic E-state index is 13.4. The largest absolute Gasteiger partial charge is 0.368 e. The molecule has 2 aromatic carbocycles. The maximum atomic E-state index is 13.4. The summed E-state index contributed by atoms with van der Waals surface area (Å²) in [5.41, 5.74) is 9.50. The lowest BCUT2D eigenvalue weighted by atomic mass is 9.93. The fourth-order valence-corrected chi connectivity index (χ4v) is 6.92. The van der Waals surface area contributed by atoms with Crippen molar-refractivity contribution in [3.8, 4) is 0 Å². The van der Waals surface area contributed by atoms with E-state index in [2.05, 4.69) is 0 Å². The molecule has 9 heteroatoms. The van der Waals surface area contributed by atoms with E-state index in [-0.39, 0.29) is 12.5 Å². The van der Waals surface area contributed by atoms with E-state index in [0.717, 1.165) is 48.1 Å². The normalized spacial score (nSPS) is 21.2. The molecule has 0 aliphatic carbocycles. The number of aryl methyl sites for hydroxylation is 1. The minimum Gasteiger partial charge on any atom is -0.368 e. The van der Waals surface area contributed by atoms with E-state index in [1.165, 1.54) is 0 Å². The van der Waals surface area contributed by atoms with E-state index in [1.807, 2.05) is 29.2 Å². The predicted molar refractivity (Wildman–Crippen MR) is 129 cm³/mol. The first kappa shape index (κ1) is 23.0. The second-order valence-electron chi connectivity index (χ2n) is 9.35. The number of primary amides is 1. The van der Waals surface area contributed by atoms with E-state index in [9.17, 15) is 18.0 Å². The van der Waals surface area contributed by atoms with Crippen molar-refractivity contribution >= 4 is 27.5 Å². The number of nitrogens with two attached hydrogens (primary N) is 1. The monoisotopic (exact) mass is 482 g/mol. The number of fused-ring (bicyclic) bond motifs is 2. The zero-order chi connectivity index (χ0) is 23.9. The summed E-state index contributed by atoms with van der Waals surface area (Å²) in [6.45, 7) is 2.25. The molecule has 0 radical (unpaired) electrons. The van der Waals surface area contributed by atoms with Crippen molar-refractivity contribution in [1.82, 2.24) is 9.21 Å². The van der Waals surface area contributed by atoms with E-state index in [1.54, 1.807) is 27.4 Å². The van der Waals surface area contributed by atoms with Crippen molar-refractivity contribution in [2.24, 2.45) is 5.73 Å². The zero-order valence-corrected chi connectivity index (χ0v) is 20.0. The average Bonchev–Trinajstić information content (AvgIpc) is 3.39. The van der Waals surface area contributed by atoms with Gasteiger partial charge < -0.3 is 10.6 Å². The van der Waals surface area contributed by atoms with E-state index < -0.39 is 22.0 Å². The summed E-state index contributed by atoms with van der Waals surface area (Å²) in [4.78, 5) is 29.4. The first-order valence-electron chi connectivity index (χ1n) is 11.9. The summed E-state index contributed by atoms with van der Waals surface area (Å²) in [7, 11) is -3.51. The van der Waals surface area contributed by atoms with Gasteiger partial charge in [0.05, 0.1) is 17.5 Å². The molecule has 0 spiro atoms. The Morgan fingerprint density at radius 3 is 2.41 bits per heavy atom. The minimum atomic E-state index is -3.51. The Hall–Kier alpha value is -2.75. The first-order chi connectivity index (χ1) is 16.3. The number of rotatable bonds is 5. The number of hydrogen-bond acceptors (Lipinski definition) is 5. The number of carbonyl (C=O) groups is 2. The molecule has 0 unspecified atom stereocenters. The summed E-state index contributed by atoms with van der Waals surface area (Å²) >= 11 is 0. The van der Waals surface area contributed by atoms with E-state index >= 15 is 0 Å². The van der Waals surface area contributed by atoms with Crippen LogP contribution in [0.5, 0.6) is 0 Å². The Morgan fingerprint density at radius 2 is 1.68 bits per heavy atom. The fraction of sp³-hybridized carbons (Fsp3) is 0.440. The van der Waals surface area contributed by atoms with Gasteiger partial charge in [0.15, 0.2) is 0 Å². The molecule has 8 nitrogen and oxygen atoms in total. The number of amides is 2. The van der Waals surface area contributed by atoms with Crippen LogP contribution in [0, 0.1) is 0 Å². The molecule has 2 N–H and O–H groups in total. The van der Waals surface area contributed by atoms with Gasteiger partial charge in [-0.3, -0.25) is 14.5 Å². The van der Waals surface area contributed by atoms with E-state index in [0.29, 0.717) is 37.5 Å². The highest BCUT2D eigenvalue weighted by Gasteiger charge is 2.34. The highest BCUT2D eigenvalue weighted by molar-refractivity contribution is 7.89. The molecule has 3 aliphatic heterocycles. The van der Waals surface area contributed by atoms with Crippen molar-refractivity contribution in [3.63, 3.8) is 0 Å². The SMILES string of the molecule is NC(=O)[C@@H]1Cc2ccccc2CN1CC(=O)N1CCCc2cc(S(=O)(=O)N3CCCC3)ccc21. The van der Waals surface area contributed by atoms with Crippen molar-refractivity contribution < 1.29 is 18.0 Å². The number of hydrogen-bond donors (Lipinski definition) is 1. The standard InChI is InChI=1S/C25H30N4O4S/c26-25(31)23-15-18-6-1-2-7-20(18)16-27(23)17-24(30)29-13-5-8-19-14-21(9-10-22(19)29)34(32,33)28-11-3-4-12-28/h1-2,6-7,9-10,14,23H,3-5,8,11-13,15-17H2,(H2,26,31)/t23-/m0/s1. The summed E-state index contributed by atoms with van der Waals surface area (Å²) in [5.74, 6) is -0.542. The van der Waals surface area contributed by atoms with Crippen molar-refractivity contribution in [1.29, 1.82) is 0 Å². The first-order valence-corrected chi connectivity index (χ1v) is 13.3. The van der Waals surface area contributed by atoms with Crippen LogP contribution < -0.4 is 10.6 Å². The number of anilines is 1. The van der Waals surface area contributed by atoms with Gasteiger partial charge in [0.25, 0.3) is 0 Å². The molecule has 34 heavy (non-hydrogen) atoms. The number of sulfonamides is 1. The third kappa shape index (κ3) is 4.23. The summed E-state index contributed by atoms with van der Waals surface area (Å²) in [6, 6.07) is 12.5. The lowest BCUT2D eigenvalue weighted by Crippen LogP contribution is -2.52. The van der Waals surface area contributed by atoms with Gasteiger partial charge in [-0.1, -0.05) is 24.3 Å². The van der Waals surface area contributed by atoms with Crippen molar-refractivity contribution in [3.05, 3.63) is 59.2 Å². The van der Waals surface area contributed by atoms with E-state index in [4.69, 9.17) is 5.73 Å². The molecule has 180 valence electrons. The van der Waals surface area contributed by atoms with Gasteiger partial charge in [0.2, 0.25) is 21.8 Å². The highest BCUT2D eigenvalue weighted by atomic mass is 32.2. The van der Waals surface area contributed by atoms with Crippen molar-refractivity contribution in [2.75, 3.05) is 31.1 Å². The molecule has 0 aromatic heterocycles. The van der Waals surface area contributed by atoms with Crippen LogP contribution in [0.15, 0.2) is 47.4 Å². The lowest BCUT2D eigenvalue weighted by Gasteiger charge is -2.37. The predicted octanol–water partition coefficient (Wildman–Crippen LogP) is 1.66. The van der Waals surface area contributed by atoms with Crippen LogP contribution in [0.1, 0.15) is 36.0 Å². The minimum absolute atomic E-state index is 0.0786. The summed E-state index contributed by atoms with van der Waals surface area (Å²) < 4.78 is 27.5. The van der Waals surface area contributed by atoms with Gasteiger partial charge in [0, 0.05) is 31.9 Å². The van der Waals surface area contributed by atoms with Crippen molar-refractivity contribution in [2.45, 2.75) is 49.6 Å². The Balaban J connectivity index is 1.37. The Kier molecular flexibility index (Phi) is 6.18. The molecule has 0 saturated carbocycles. The second-order valence-corrected chi connectivity index (χ2v) is 11.3. The van der Waals surface area contributed by atoms with Gasteiger partial charge >= 0.3 is 0 Å². The molecule has 3 heterocycles. The van der Waals surface area contributed by atoms with Gasteiger partial charge in [-0.25, -0.2) is 8.42 Å². The fourth-order valence-electron chi connectivity index (χ4n) is 5.35. The number of benzene rings is 2. The maximum Gasteiger partial charge on any atom is 0.243 e. The zero-order valence-electron chi connectivity index (χ0n) is 19.2. The Bertz CT molecular complexity index is 1220. The van der Waals surface area contributed by atoms with Crippen LogP contribution in [0.4, 0.5) is 5.69 Å². The summed E-state index contributed by atoms with van der Waals surface area (Å²) in [5, 5.41) is 0. The lowest BCUT2D eigenvalue weighted by molar-refractivity contribution is -0.126. The molecule has 2 amide bonds. The molecule has 2 aromatic rings. The van der Waals surface area contributed by atoms with Gasteiger partial charge in [-0.15, -0.1) is 0 Å². The van der Waals surface area contributed by atoms with Crippen LogP contribution in [-0.2, 0) is 39.0 Å². The molecule has 3 aliphatic rings. The molecule has 1 saturated heterocycles. The number of nitrogens with zero attached hydrogens (tertiary/aromatic N) is 3. The third-order valence-corrected chi connectivity index (χ3v) is 9.08. The van der Waals surface area contributed by atoms with Gasteiger partial charge in [0.1, 0.15) is 0 Å². The van der Waals surface area contributed by atoms with Crippen LogP contribution in [-0.4, -0.2) is 61.7 Å². The topological polar surface area (TPSA) is 104 Å². The molecule has 1 atom stereocenters. The van der Waals surface area contributed by atoms with Crippen LogP contribution >= 0.6 is 0 Å². The Labute approximate surface area is 200 Å². The van der Waals surface area contributed by atoms with Gasteiger partial charge in [-0.2, -0.15) is 4.31 Å². The van der Waals surface area contributed by atoms with Crippen LogP contribution in [0.25, 0.3) is 0 Å². The van der Waals surface area contributed by atoms with Crippen LogP contribution in [0.2, 0.25) is 0 Å². The quantitative estimate of drug-likeness (QED) is 0.698.